The van der Waals surface area contributed by atoms with E-state index in [1.165, 1.54) is 12.2 Å². The van der Waals surface area contributed by atoms with Gasteiger partial charge in [0, 0.05) is 37.5 Å². The van der Waals surface area contributed by atoms with Crippen molar-refractivity contribution in [3.63, 3.8) is 0 Å². The van der Waals surface area contributed by atoms with Crippen LogP contribution in [-0.2, 0) is 0 Å². The molecular weight excluding hydrogens is 258 g/mol. The van der Waals surface area contributed by atoms with E-state index in [0.717, 1.165) is 50.8 Å². The van der Waals surface area contributed by atoms with Crippen molar-refractivity contribution >= 4 is 17.8 Å². The Balaban J connectivity index is 1.70. The van der Waals surface area contributed by atoms with Crippen LogP contribution in [0.25, 0.3) is 0 Å². The first kappa shape index (κ1) is 15.0. The number of rotatable bonds is 4. The Morgan fingerprint density at radius 3 is 2.58 bits per heavy atom. The molecule has 2 amide bonds. The number of carbonyl (C=O) groups excluding carboxylic acids is 1. The third-order valence-corrected chi connectivity index (χ3v) is 5.45. The molecule has 5 heteroatoms. The smallest absolute Gasteiger partial charge is 0.317 e. The molecule has 0 radical (unpaired) electrons. The summed E-state index contributed by atoms with van der Waals surface area (Å²) in [7, 11) is 0. The molecule has 1 heterocycles. The molecule has 4 nitrogen and oxygen atoms in total. The minimum atomic E-state index is 0.155. The maximum Gasteiger partial charge on any atom is 0.317 e. The van der Waals surface area contributed by atoms with Gasteiger partial charge in [-0.3, -0.25) is 0 Å². The minimum Gasteiger partial charge on any atom is -0.335 e. The second kappa shape index (κ2) is 7.39. The molecule has 19 heavy (non-hydrogen) atoms. The average molecular weight is 285 g/mol. The van der Waals surface area contributed by atoms with E-state index in [1.54, 1.807) is 0 Å². The third-order valence-electron chi connectivity index (χ3n) is 4.22. The lowest BCUT2D eigenvalue weighted by Crippen LogP contribution is -2.53. The Hall–Kier alpha value is -0.420. The van der Waals surface area contributed by atoms with E-state index in [9.17, 15) is 4.79 Å². The first-order valence-electron chi connectivity index (χ1n) is 7.62. The summed E-state index contributed by atoms with van der Waals surface area (Å²) in [6.07, 6.45) is 3.56. The van der Waals surface area contributed by atoms with Crippen molar-refractivity contribution in [1.82, 2.24) is 15.1 Å². The molecule has 0 bridgehead atoms. The number of thioether (sulfide) groups is 1. The maximum absolute atomic E-state index is 12.2. The van der Waals surface area contributed by atoms with Gasteiger partial charge in [0.1, 0.15) is 0 Å². The van der Waals surface area contributed by atoms with Gasteiger partial charge >= 0.3 is 6.03 Å². The highest BCUT2D eigenvalue weighted by Crippen LogP contribution is 2.29. The van der Waals surface area contributed by atoms with E-state index in [-0.39, 0.29) is 6.03 Å². The number of nitrogens with zero attached hydrogens (tertiary/aromatic N) is 2. The lowest BCUT2D eigenvalue weighted by molar-refractivity contribution is 0.141. The molecule has 2 rings (SSSR count). The van der Waals surface area contributed by atoms with E-state index in [2.05, 4.69) is 24.1 Å². The topological polar surface area (TPSA) is 35.6 Å². The Morgan fingerprint density at radius 2 is 1.95 bits per heavy atom. The average Bonchev–Trinajstić information content (AvgIpc) is 2.86. The monoisotopic (exact) mass is 285 g/mol. The number of nitrogens with one attached hydrogen (secondary N) is 1. The van der Waals surface area contributed by atoms with Gasteiger partial charge in [-0.1, -0.05) is 13.8 Å². The Morgan fingerprint density at radius 1 is 1.21 bits per heavy atom. The number of likely N-dealkylation sites (N-methyl/N-ethyl adjacent to an activating group) is 1. The van der Waals surface area contributed by atoms with E-state index in [1.807, 2.05) is 16.7 Å². The molecule has 0 aromatic carbocycles. The summed E-state index contributed by atoms with van der Waals surface area (Å²) in [4.78, 5) is 16.6. The predicted octanol–water partition coefficient (Wildman–Crippen LogP) is 2.01. The first-order valence-corrected chi connectivity index (χ1v) is 8.67. The van der Waals surface area contributed by atoms with E-state index in [4.69, 9.17) is 0 Å². The van der Waals surface area contributed by atoms with Crippen molar-refractivity contribution in [2.24, 2.45) is 0 Å². The number of piperazine rings is 1. The fraction of sp³-hybridized carbons (Fsp3) is 0.929. The second-order valence-electron chi connectivity index (χ2n) is 5.46. The summed E-state index contributed by atoms with van der Waals surface area (Å²) in [5.41, 5.74) is 0. The van der Waals surface area contributed by atoms with E-state index >= 15 is 0 Å². The van der Waals surface area contributed by atoms with Crippen molar-refractivity contribution in [3.05, 3.63) is 0 Å². The Bertz CT molecular complexity index is 292. The molecule has 1 aliphatic heterocycles. The summed E-state index contributed by atoms with van der Waals surface area (Å²) < 4.78 is 0. The number of urea groups is 1. The summed E-state index contributed by atoms with van der Waals surface area (Å²) in [6, 6.07) is 0.559. The van der Waals surface area contributed by atoms with Crippen LogP contribution in [0.1, 0.15) is 33.1 Å². The molecule has 0 aromatic rings. The van der Waals surface area contributed by atoms with Crippen molar-refractivity contribution in [1.29, 1.82) is 0 Å². The minimum absolute atomic E-state index is 0.155. The van der Waals surface area contributed by atoms with Gasteiger partial charge in [-0.05, 0) is 31.6 Å². The molecule has 110 valence electrons. The van der Waals surface area contributed by atoms with Gasteiger partial charge in [0.15, 0.2) is 0 Å². The quantitative estimate of drug-likeness (QED) is 0.858. The fourth-order valence-corrected chi connectivity index (χ4v) is 4.13. The fourth-order valence-electron chi connectivity index (χ4n) is 2.99. The van der Waals surface area contributed by atoms with Gasteiger partial charge in [0.2, 0.25) is 0 Å². The van der Waals surface area contributed by atoms with Gasteiger partial charge in [0.05, 0.1) is 0 Å². The van der Waals surface area contributed by atoms with E-state index < -0.39 is 0 Å². The van der Waals surface area contributed by atoms with Crippen molar-refractivity contribution < 1.29 is 4.79 Å². The standard InChI is InChI=1S/C14H27N3OS/c1-3-16-7-9-17(10-8-16)14(18)15-12-5-6-13(11-12)19-4-2/h12-13H,3-11H2,1-2H3,(H,15,18)/t12-,13-/m0/s1. The molecule has 0 aromatic heterocycles. The van der Waals surface area contributed by atoms with Gasteiger partial charge in [0.25, 0.3) is 0 Å². The SMILES string of the molecule is CCS[C@H]1CC[C@H](NC(=O)N2CCN(CC)CC2)C1. The predicted molar refractivity (Wildman–Crippen MR) is 81.8 cm³/mol. The van der Waals surface area contributed by atoms with Crippen molar-refractivity contribution in [2.75, 3.05) is 38.5 Å². The number of carbonyl (C=O) groups is 1. The molecule has 1 saturated carbocycles. The van der Waals surface area contributed by atoms with E-state index in [0.29, 0.717) is 6.04 Å². The summed E-state index contributed by atoms with van der Waals surface area (Å²) in [5, 5.41) is 3.98. The molecule has 1 aliphatic carbocycles. The van der Waals surface area contributed by atoms with Crippen LogP contribution in [0.2, 0.25) is 0 Å². The number of hydrogen-bond donors (Lipinski definition) is 1. The van der Waals surface area contributed by atoms with Crippen LogP contribution in [0.3, 0.4) is 0 Å². The van der Waals surface area contributed by atoms with Crippen LogP contribution in [0.15, 0.2) is 0 Å². The van der Waals surface area contributed by atoms with Gasteiger partial charge in [-0.25, -0.2) is 4.79 Å². The zero-order valence-corrected chi connectivity index (χ0v) is 13.0. The molecule has 0 unspecified atom stereocenters. The van der Waals surface area contributed by atoms with Crippen LogP contribution in [-0.4, -0.2) is 65.6 Å². The number of amides is 2. The highest BCUT2D eigenvalue weighted by Gasteiger charge is 2.28. The normalized spacial score (nSPS) is 28.6. The van der Waals surface area contributed by atoms with Crippen LogP contribution < -0.4 is 5.32 Å². The Kier molecular flexibility index (Phi) is 5.82. The molecule has 1 saturated heterocycles. The molecule has 0 spiro atoms. The van der Waals surface area contributed by atoms with Crippen LogP contribution >= 0.6 is 11.8 Å². The van der Waals surface area contributed by atoms with Crippen LogP contribution in [0.4, 0.5) is 4.79 Å². The maximum atomic E-state index is 12.2. The van der Waals surface area contributed by atoms with Crippen LogP contribution in [0, 0.1) is 0 Å². The Labute approximate surface area is 121 Å². The lowest BCUT2D eigenvalue weighted by Gasteiger charge is -2.34. The highest BCUT2D eigenvalue weighted by molar-refractivity contribution is 7.99. The highest BCUT2D eigenvalue weighted by atomic mass is 32.2. The molecular formula is C14H27N3OS. The summed E-state index contributed by atoms with van der Waals surface area (Å²) in [6.45, 7) is 9.27. The lowest BCUT2D eigenvalue weighted by atomic mass is 10.2. The molecule has 2 fully saturated rings. The van der Waals surface area contributed by atoms with Crippen molar-refractivity contribution in [3.8, 4) is 0 Å². The van der Waals surface area contributed by atoms with Gasteiger partial charge < -0.3 is 15.1 Å². The van der Waals surface area contributed by atoms with Crippen molar-refractivity contribution in [2.45, 2.75) is 44.4 Å². The second-order valence-corrected chi connectivity index (χ2v) is 7.04. The zero-order valence-electron chi connectivity index (χ0n) is 12.2. The number of hydrogen-bond acceptors (Lipinski definition) is 3. The van der Waals surface area contributed by atoms with Gasteiger partial charge in [-0.15, -0.1) is 0 Å². The molecule has 1 N–H and O–H groups in total. The molecule has 2 aliphatic rings. The summed E-state index contributed by atoms with van der Waals surface area (Å²) >= 11 is 2.04. The zero-order chi connectivity index (χ0) is 13.7. The largest absolute Gasteiger partial charge is 0.335 e. The van der Waals surface area contributed by atoms with Crippen LogP contribution in [0.5, 0.6) is 0 Å². The van der Waals surface area contributed by atoms with Gasteiger partial charge in [-0.2, -0.15) is 11.8 Å². The first-order chi connectivity index (χ1) is 9.22. The third kappa shape index (κ3) is 4.28. The molecule has 2 atom stereocenters. The summed E-state index contributed by atoms with van der Waals surface area (Å²) in [5.74, 6) is 1.18.